The molecule has 0 atom stereocenters. The number of hydrogen-bond donors (Lipinski definition) is 1. The van der Waals surface area contributed by atoms with Gasteiger partial charge in [0.15, 0.2) is 0 Å². The van der Waals surface area contributed by atoms with Gasteiger partial charge < -0.3 is 5.11 Å². The molecule has 1 N–H and O–H groups in total. The third-order valence-electron chi connectivity index (χ3n) is 2.88. The van der Waals surface area contributed by atoms with Crippen LogP contribution in [0, 0.1) is 6.92 Å². The quantitative estimate of drug-likeness (QED) is 0.942. The van der Waals surface area contributed by atoms with E-state index in [1.807, 2.05) is 6.07 Å². The van der Waals surface area contributed by atoms with Crippen molar-refractivity contribution in [3.05, 3.63) is 46.8 Å². The van der Waals surface area contributed by atoms with Crippen LogP contribution < -0.4 is 4.31 Å². The minimum absolute atomic E-state index is 0.138. The van der Waals surface area contributed by atoms with Gasteiger partial charge in [0.1, 0.15) is 4.21 Å². The molecule has 6 heteroatoms. The molecule has 1 aromatic heterocycles. The van der Waals surface area contributed by atoms with Crippen LogP contribution in [0.5, 0.6) is 0 Å². The lowest BCUT2D eigenvalue weighted by atomic mass is 10.3. The van der Waals surface area contributed by atoms with E-state index in [0.29, 0.717) is 10.6 Å². The molecule has 0 saturated heterocycles. The molecule has 2 aromatic rings. The Morgan fingerprint density at radius 2 is 1.89 bits per heavy atom. The first-order chi connectivity index (χ1) is 8.96. The summed E-state index contributed by atoms with van der Waals surface area (Å²) in [6, 6.07) is 10.5. The van der Waals surface area contributed by atoms with Crippen molar-refractivity contribution in [3.8, 4) is 0 Å². The number of para-hydroxylation sites is 1. The number of anilines is 1. The van der Waals surface area contributed by atoms with Crippen LogP contribution in [0.1, 0.15) is 10.4 Å². The molecule has 0 unspecified atom stereocenters. The minimum Gasteiger partial charge on any atom is -0.391 e. The molecule has 1 heterocycles. The van der Waals surface area contributed by atoms with E-state index in [-0.39, 0.29) is 10.8 Å². The van der Waals surface area contributed by atoms with Gasteiger partial charge in [-0.2, -0.15) is 0 Å². The van der Waals surface area contributed by atoms with Crippen molar-refractivity contribution in [3.63, 3.8) is 0 Å². The van der Waals surface area contributed by atoms with Crippen LogP contribution in [0.3, 0.4) is 0 Å². The first-order valence-electron chi connectivity index (χ1n) is 5.71. The predicted octanol–water partition coefficient (Wildman–Crippen LogP) is 2.37. The number of aryl methyl sites for hydroxylation is 1. The van der Waals surface area contributed by atoms with E-state index in [1.165, 1.54) is 11.4 Å². The van der Waals surface area contributed by atoms with Crippen LogP contribution >= 0.6 is 11.3 Å². The molecular formula is C13H15NO3S2. The first kappa shape index (κ1) is 14.0. The molecule has 1 aromatic carbocycles. The Balaban J connectivity index is 2.42. The van der Waals surface area contributed by atoms with E-state index in [4.69, 9.17) is 5.11 Å². The Morgan fingerprint density at radius 1 is 1.26 bits per heavy atom. The van der Waals surface area contributed by atoms with Crippen molar-refractivity contribution in [2.24, 2.45) is 0 Å². The fourth-order valence-corrected chi connectivity index (χ4v) is 4.50. The fraction of sp³-hybridized carbons (Fsp3) is 0.231. The van der Waals surface area contributed by atoms with E-state index in [2.05, 4.69) is 0 Å². The summed E-state index contributed by atoms with van der Waals surface area (Å²) < 4.78 is 26.4. The normalized spacial score (nSPS) is 11.5. The molecule has 0 bridgehead atoms. The number of sulfonamides is 1. The average Bonchev–Trinajstić information content (AvgIpc) is 2.81. The maximum absolute atomic E-state index is 12.5. The second-order valence-electron chi connectivity index (χ2n) is 4.14. The molecule has 2 rings (SSSR count). The van der Waals surface area contributed by atoms with Crippen molar-refractivity contribution in [2.45, 2.75) is 17.7 Å². The van der Waals surface area contributed by atoms with Crippen LogP contribution in [0.4, 0.5) is 5.69 Å². The van der Waals surface area contributed by atoms with Crippen LogP contribution in [0.15, 0.2) is 40.6 Å². The number of hydrogen-bond acceptors (Lipinski definition) is 4. The first-order valence-corrected chi connectivity index (χ1v) is 7.96. The molecule has 0 amide bonds. The SMILES string of the molecule is Cc1cc(S(=O)(=O)N(C)c2ccccc2)sc1CO. The van der Waals surface area contributed by atoms with E-state index in [1.54, 1.807) is 37.3 Å². The zero-order chi connectivity index (χ0) is 14.0. The zero-order valence-corrected chi connectivity index (χ0v) is 12.3. The number of benzene rings is 1. The molecule has 102 valence electrons. The highest BCUT2D eigenvalue weighted by atomic mass is 32.2. The van der Waals surface area contributed by atoms with Gasteiger partial charge in [0.05, 0.1) is 12.3 Å². The molecule has 0 spiro atoms. The van der Waals surface area contributed by atoms with Gasteiger partial charge in [0, 0.05) is 11.9 Å². The minimum atomic E-state index is -3.56. The lowest BCUT2D eigenvalue weighted by Crippen LogP contribution is -2.25. The number of aliphatic hydroxyl groups is 1. The lowest BCUT2D eigenvalue weighted by molar-refractivity contribution is 0.285. The van der Waals surface area contributed by atoms with E-state index in [9.17, 15) is 8.42 Å². The largest absolute Gasteiger partial charge is 0.391 e. The van der Waals surface area contributed by atoms with Crippen molar-refractivity contribution >= 4 is 27.0 Å². The van der Waals surface area contributed by atoms with Crippen LogP contribution in [0.25, 0.3) is 0 Å². The van der Waals surface area contributed by atoms with Crippen molar-refractivity contribution in [1.82, 2.24) is 0 Å². The molecule has 0 aliphatic rings. The van der Waals surface area contributed by atoms with E-state index >= 15 is 0 Å². The van der Waals surface area contributed by atoms with Crippen molar-refractivity contribution in [2.75, 3.05) is 11.4 Å². The number of aliphatic hydroxyl groups excluding tert-OH is 1. The summed E-state index contributed by atoms with van der Waals surface area (Å²) in [6.07, 6.45) is 0. The number of rotatable bonds is 4. The summed E-state index contributed by atoms with van der Waals surface area (Å²) >= 11 is 1.11. The molecule has 0 aliphatic heterocycles. The average molecular weight is 297 g/mol. The Hall–Kier alpha value is -1.37. The third kappa shape index (κ3) is 2.65. The Labute approximate surface area is 117 Å². The summed E-state index contributed by atoms with van der Waals surface area (Å²) in [7, 11) is -2.04. The third-order valence-corrected chi connectivity index (χ3v) is 6.33. The summed E-state index contributed by atoms with van der Waals surface area (Å²) in [4.78, 5) is 0.681. The Kier molecular flexibility index (Phi) is 3.93. The predicted molar refractivity (Wildman–Crippen MR) is 77.0 cm³/mol. The van der Waals surface area contributed by atoms with Crippen LogP contribution in [0.2, 0.25) is 0 Å². The van der Waals surface area contributed by atoms with E-state index in [0.717, 1.165) is 16.9 Å². The second kappa shape index (κ2) is 5.32. The summed E-state index contributed by atoms with van der Waals surface area (Å²) in [5, 5.41) is 9.16. The summed E-state index contributed by atoms with van der Waals surface area (Å²) in [6.45, 7) is 1.66. The number of nitrogens with zero attached hydrogens (tertiary/aromatic N) is 1. The highest BCUT2D eigenvalue weighted by Gasteiger charge is 2.24. The highest BCUT2D eigenvalue weighted by Crippen LogP contribution is 2.30. The molecule has 0 radical (unpaired) electrons. The summed E-state index contributed by atoms with van der Waals surface area (Å²) in [5.74, 6) is 0. The lowest BCUT2D eigenvalue weighted by Gasteiger charge is -2.18. The van der Waals surface area contributed by atoms with Gasteiger partial charge in [-0.1, -0.05) is 18.2 Å². The van der Waals surface area contributed by atoms with Crippen LogP contribution in [-0.4, -0.2) is 20.6 Å². The molecule has 19 heavy (non-hydrogen) atoms. The summed E-state index contributed by atoms with van der Waals surface area (Å²) in [5.41, 5.74) is 1.41. The standard InChI is InChI=1S/C13H15NO3S2/c1-10-8-13(18-12(10)9-15)19(16,17)14(2)11-6-4-3-5-7-11/h3-8,15H,9H2,1-2H3. The topological polar surface area (TPSA) is 57.6 Å². The molecule has 0 fully saturated rings. The molecule has 4 nitrogen and oxygen atoms in total. The fourth-order valence-electron chi connectivity index (χ4n) is 1.68. The van der Waals surface area contributed by atoms with Crippen molar-refractivity contribution in [1.29, 1.82) is 0 Å². The number of thiophene rings is 1. The van der Waals surface area contributed by atoms with Gasteiger partial charge >= 0.3 is 0 Å². The van der Waals surface area contributed by atoms with Gasteiger partial charge in [-0.25, -0.2) is 8.42 Å². The maximum atomic E-state index is 12.5. The monoisotopic (exact) mass is 297 g/mol. The Bertz CT molecular complexity index is 662. The van der Waals surface area contributed by atoms with Gasteiger partial charge in [0.2, 0.25) is 0 Å². The molecule has 0 aliphatic carbocycles. The van der Waals surface area contributed by atoms with Gasteiger partial charge in [-0.15, -0.1) is 11.3 Å². The van der Waals surface area contributed by atoms with E-state index < -0.39 is 10.0 Å². The molecule has 0 saturated carbocycles. The van der Waals surface area contributed by atoms with Crippen molar-refractivity contribution < 1.29 is 13.5 Å². The smallest absolute Gasteiger partial charge is 0.273 e. The van der Waals surface area contributed by atoms with Crippen LogP contribution in [-0.2, 0) is 16.6 Å². The van der Waals surface area contributed by atoms with Gasteiger partial charge in [0.25, 0.3) is 10.0 Å². The molecular weight excluding hydrogens is 282 g/mol. The second-order valence-corrected chi connectivity index (χ2v) is 7.47. The highest BCUT2D eigenvalue weighted by molar-refractivity contribution is 7.94. The zero-order valence-electron chi connectivity index (χ0n) is 10.7. The Morgan fingerprint density at radius 3 is 2.42 bits per heavy atom. The maximum Gasteiger partial charge on any atom is 0.273 e. The van der Waals surface area contributed by atoms with Gasteiger partial charge in [-0.3, -0.25) is 4.31 Å². The van der Waals surface area contributed by atoms with Gasteiger partial charge in [-0.05, 0) is 30.7 Å².